The molecule has 28 heavy (non-hydrogen) atoms. The maximum absolute atomic E-state index is 12.8. The zero-order valence-electron chi connectivity index (χ0n) is 16.0. The van der Waals surface area contributed by atoms with Crippen molar-refractivity contribution in [2.45, 2.75) is 26.8 Å². The topological polar surface area (TPSA) is 78.1 Å². The average molecular weight is 374 g/mol. The summed E-state index contributed by atoms with van der Waals surface area (Å²) in [5.74, 6) is -1.13. The summed E-state index contributed by atoms with van der Waals surface area (Å²) in [7, 11) is 0. The maximum Gasteiger partial charge on any atom is 0.313 e. The number of rotatable bonds is 2. The predicted octanol–water partition coefficient (Wildman–Crippen LogP) is 3.22. The number of carbonyl (C=O) groups excluding carboxylic acids is 2. The SMILES string of the molecule is Cc1cccc(NC(=O)C(=O)N2CCc3[nH]nc(-c4ccccc4)c3C2)c1C. The summed E-state index contributed by atoms with van der Waals surface area (Å²) in [5.41, 5.74) is 6.54. The summed E-state index contributed by atoms with van der Waals surface area (Å²) >= 11 is 0. The Bertz CT molecular complexity index is 1040. The van der Waals surface area contributed by atoms with Gasteiger partial charge in [-0.15, -0.1) is 0 Å². The number of anilines is 1. The summed E-state index contributed by atoms with van der Waals surface area (Å²) in [6.45, 7) is 4.76. The van der Waals surface area contributed by atoms with Crippen LogP contribution in [0.1, 0.15) is 22.4 Å². The first-order valence-electron chi connectivity index (χ1n) is 9.32. The van der Waals surface area contributed by atoms with E-state index in [1.165, 1.54) is 0 Å². The highest BCUT2D eigenvalue weighted by molar-refractivity contribution is 6.39. The zero-order chi connectivity index (χ0) is 19.7. The third-order valence-corrected chi connectivity index (χ3v) is 5.31. The number of aromatic nitrogens is 2. The van der Waals surface area contributed by atoms with Crippen molar-refractivity contribution in [1.29, 1.82) is 0 Å². The lowest BCUT2D eigenvalue weighted by Crippen LogP contribution is -2.42. The van der Waals surface area contributed by atoms with Crippen molar-refractivity contribution < 1.29 is 9.59 Å². The van der Waals surface area contributed by atoms with Crippen LogP contribution in [0.4, 0.5) is 5.69 Å². The van der Waals surface area contributed by atoms with E-state index in [1.54, 1.807) is 4.90 Å². The Labute approximate surface area is 163 Å². The van der Waals surface area contributed by atoms with E-state index in [4.69, 9.17) is 0 Å². The molecule has 2 heterocycles. The van der Waals surface area contributed by atoms with Gasteiger partial charge in [0.05, 0.1) is 12.2 Å². The number of aryl methyl sites for hydroxylation is 1. The summed E-state index contributed by atoms with van der Waals surface area (Å²) in [6, 6.07) is 15.5. The number of fused-ring (bicyclic) bond motifs is 1. The van der Waals surface area contributed by atoms with Gasteiger partial charge >= 0.3 is 11.8 Å². The van der Waals surface area contributed by atoms with Crippen molar-refractivity contribution in [2.75, 3.05) is 11.9 Å². The van der Waals surface area contributed by atoms with Gasteiger partial charge in [0.15, 0.2) is 0 Å². The smallest absolute Gasteiger partial charge is 0.313 e. The van der Waals surface area contributed by atoms with Crippen LogP contribution in [0.15, 0.2) is 48.5 Å². The third-order valence-electron chi connectivity index (χ3n) is 5.31. The molecule has 0 aliphatic carbocycles. The largest absolute Gasteiger partial charge is 0.330 e. The first-order chi connectivity index (χ1) is 13.5. The van der Waals surface area contributed by atoms with E-state index in [0.717, 1.165) is 33.6 Å². The van der Waals surface area contributed by atoms with Gasteiger partial charge in [0, 0.05) is 35.5 Å². The predicted molar refractivity (Wildman–Crippen MR) is 108 cm³/mol. The van der Waals surface area contributed by atoms with Gasteiger partial charge in [-0.25, -0.2) is 0 Å². The first kappa shape index (κ1) is 18.0. The molecule has 0 saturated carbocycles. The van der Waals surface area contributed by atoms with E-state index in [-0.39, 0.29) is 0 Å². The second-order valence-corrected chi connectivity index (χ2v) is 7.07. The van der Waals surface area contributed by atoms with Crippen LogP contribution in [0.2, 0.25) is 0 Å². The molecule has 0 atom stereocenters. The molecule has 2 N–H and O–H groups in total. The van der Waals surface area contributed by atoms with Gasteiger partial charge in [-0.3, -0.25) is 14.7 Å². The molecule has 4 rings (SSSR count). The van der Waals surface area contributed by atoms with Gasteiger partial charge in [-0.2, -0.15) is 5.10 Å². The highest BCUT2D eigenvalue weighted by Crippen LogP contribution is 2.28. The summed E-state index contributed by atoms with van der Waals surface area (Å²) < 4.78 is 0. The fraction of sp³-hybridized carbons (Fsp3) is 0.227. The molecule has 6 heteroatoms. The van der Waals surface area contributed by atoms with Crippen molar-refractivity contribution in [3.63, 3.8) is 0 Å². The minimum atomic E-state index is -0.609. The van der Waals surface area contributed by atoms with E-state index in [0.29, 0.717) is 25.2 Å². The standard InChI is InChI=1S/C22H22N4O2/c1-14-7-6-10-18(15(14)2)23-21(27)22(28)26-12-11-19-17(13-26)20(25-24-19)16-8-4-3-5-9-16/h3-10H,11-13H2,1-2H3,(H,23,27)(H,24,25). The minimum absolute atomic E-state index is 0.370. The monoisotopic (exact) mass is 374 g/mol. The Kier molecular flexibility index (Phi) is 4.69. The van der Waals surface area contributed by atoms with Gasteiger partial charge in [0.25, 0.3) is 0 Å². The van der Waals surface area contributed by atoms with E-state index < -0.39 is 11.8 Å². The maximum atomic E-state index is 12.8. The molecule has 2 amide bonds. The molecule has 6 nitrogen and oxygen atoms in total. The summed E-state index contributed by atoms with van der Waals surface area (Å²) in [4.78, 5) is 26.9. The van der Waals surface area contributed by atoms with Crippen LogP contribution in [0, 0.1) is 13.8 Å². The highest BCUT2D eigenvalue weighted by Gasteiger charge is 2.29. The van der Waals surface area contributed by atoms with Gasteiger partial charge in [-0.05, 0) is 31.0 Å². The quantitative estimate of drug-likeness (QED) is 0.676. The van der Waals surface area contributed by atoms with Crippen LogP contribution < -0.4 is 5.32 Å². The molecular weight excluding hydrogens is 352 g/mol. The number of hydrogen-bond donors (Lipinski definition) is 2. The van der Waals surface area contributed by atoms with Crippen molar-refractivity contribution in [3.8, 4) is 11.3 Å². The van der Waals surface area contributed by atoms with Gasteiger partial charge in [-0.1, -0.05) is 42.5 Å². The summed E-state index contributed by atoms with van der Waals surface area (Å²) in [6.07, 6.45) is 0.650. The molecule has 0 spiro atoms. The number of benzene rings is 2. The molecule has 1 aliphatic rings. The molecule has 1 aliphatic heterocycles. The van der Waals surface area contributed by atoms with E-state index in [9.17, 15) is 9.59 Å². The normalized spacial score (nSPS) is 13.1. The lowest BCUT2D eigenvalue weighted by molar-refractivity contribution is -0.143. The van der Waals surface area contributed by atoms with Crippen molar-refractivity contribution >= 4 is 17.5 Å². The van der Waals surface area contributed by atoms with Gasteiger partial charge < -0.3 is 10.2 Å². The molecule has 2 aromatic carbocycles. The zero-order valence-corrected chi connectivity index (χ0v) is 16.0. The molecule has 142 valence electrons. The highest BCUT2D eigenvalue weighted by atomic mass is 16.2. The minimum Gasteiger partial charge on any atom is -0.330 e. The van der Waals surface area contributed by atoms with Crippen LogP contribution in [0.25, 0.3) is 11.3 Å². The first-order valence-corrected chi connectivity index (χ1v) is 9.32. The second kappa shape index (κ2) is 7.31. The van der Waals surface area contributed by atoms with E-state index >= 15 is 0 Å². The van der Waals surface area contributed by atoms with Crippen molar-refractivity contribution in [2.24, 2.45) is 0 Å². The van der Waals surface area contributed by atoms with Crippen LogP contribution in [0.3, 0.4) is 0 Å². The third kappa shape index (κ3) is 3.29. The van der Waals surface area contributed by atoms with E-state index in [1.807, 2.05) is 62.4 Å². The lowest BCUT2D eigenvalue weighted by atomic mass is 10.0. The average Bonchev–Trinajstić information content (AvgIpc) is 3.14. The Morgan fingerprint density at radius 2 is 1.86 bits per heavy atom. The number of nitrogens with one attached hydrogen (secondary N) is 2. The fourth-order valence-corrected chi connectivity index (χ4v) is 3.51. The molecule has 3 aromatic rings. The molecule has 0 bridgehead atoms. The van der Waals surface area contributed by atoms with Crippen LogP contribution in [0.5, 0.6) is 0 Å². The van der Waals surface area contributed by atoms with Crippen LogP contribution >= 0.6 is 0 Å². The molecule has 1 aromatic heterocycles. The number of carbonyl (C=O) groups is 2. The Morgan fingerprint density at radius 3 is 2.64 bits per heavy atom. The molecular formula is C22H22N4O2. The number of H-pyrrole nitrogens is 1. The van der Waals surface area contributed by atoms with Crippen molar-refractivity contribution in [3.05, 3.63) is 70.9 Å². The van der Waals surface area contributed by atoms with Crippen molar-refractivity contribution in [1.82, 2.24) is 15.1 Å². The number of hydrogen-bond acceptors (Lipinski definition) is 3. The molecule has 0 radical (unpaired) electrons. The molecule has 0 fully saturated rings. The second-order valence-electron chi connectivity index (χ2n) is 7.07. The Morgan fingerprint density at radius 1 is 1.07 bits per heavy atom. The van der Waals surface area contributed by atoms with Crippen LogP contribution in [-0.2, 0) is 22.6 Å². The van der Waals surface area contributed by atoms with Crippen LogP contribution in [-0.4, -0.2) is 33.5 Å². The summed E-state index contributed by atoms with van der Waals surface area (Å²) in [5, 5.41) is 10.3. The van der Waals surface area contributed by atoms with E-state index in [2.05, 4.69) is 15.5 Å². The van der Waals surface area contributed by atoms with Gasteiger partial charge in [0.1, 0.15) is 0 Å². The molecule has 0 unspecified atom stereocenters. The Balaban J connectivity index is 1.52. The number of amides is 2. The Hall–Kier alpha value is -3.41. The lowest BCUT2D eigenvalue weighted by Gasteiger charge is -2.26. The number of aromatic amines is 1. The fourth-order valence-electron chi connectivity index (χ4n) is 3.51. The number of nitrogens with zero attached hydrogens (tertiary/aromatic N) is 2. The molecule has 0 saturated heterocycles. The van der Waals surface area contributed by atoms with Gasteiger partial charge in [0.2, 0.25) is 0 Å².